The summed E-state index contributed by atoms with van der Waals surface area (Å²) in [6.07, 6.45) is -61.2. The van der Waals surface area contributed by atoms with Gasteiger partial charge in [0.25, 0.3) is 0 Å². The first-order valence-corrected chi connectivity index (χ1v) is 28.6. The van der Waals surface area contributed by atoms with Crippen molar-refractivity contribution in [1.82, 2.24) is 21.3 Å². The van der Waals surface area contributed by atoms with Crippen LogP contribution in [0.15, 0.2) is 0 Å². The normalized spacial score (nSPS) is 47.6. The summed E-state index contributed by atoms with van der Waals surface area (Å²) in [5.41, 5.74) is 0. The molecule has 7 fully saturated rings. The highest BCUT2D eigenvalue weighted by atomic mass is 16.8. The Balaban J connectivity index is 1.20. The molecule has 7 aliphatic rings. The van der Waals surface area contributed by atoms with E-state index in [9.17, 15) is 116 Å². The molecular weight excluding hydrogens is 1230 g/mol. The molecule has 7 heterocycles. The Morgan fingerprint density at radius 1 is 0.289 bits per heavy atom. The lowest BCUT2D eigenvalue weighted by molar-refractivity contribution is -0.396. The van der Waals surface area contributed by atoms with Crippen molar-refractivity contribution in [3.8, 4) is 0 Å². The van der Waals surface area contributed by atoms with Gasteiger partial charge in [-0.05, 0) is 0 Å². The maximum Gasteiger partial charge on any atom is 0.217 e. The summed E-state index contributed by atoms with van der Waals surface area (Å²) in [6, 6.07) is -6.88. The largest absolute Gasteiger partial charge is 0.394 e. The number of aliphatic hydroxyl groups is 19. The average Bonchev–Trinajstić information content (AvgIpc) is 0.807. The Kier molecular flexibility index (Phi) is 26.6. The van der Waals surface area contributed by atoms with Gasteiger partial charge in [-0.15, -0.1) is 0 Å². The summed E-state index contributed by atoms with van der Waals surface area (Å²) in [7, 11) is 0. The Bertz CT molecular complexity index is 2310. The minimum atomic E-state index is -2.43. The number of aliphatic hydroxyl groups excluding tert-OH is 19. The minimum Gasteiger partial charge on any atom is -0.394 e. The predicted octanol–water partition coefficient (Wildman–Crippen LogP) is -15.7. The third kappa shape index (κ3) is 16.4. The molecule has 7 aliphatic heterocycles. The zero-order valence-corrected chi connectivity index (χ0v) is 48.6. The van der Waals surface area contributed by atoms with Crippen LogP contribution in [0.25, 0.3) is 0 Å². The molecule has 1 unspecified atom stereocenters. The van der Waals surface area contributed by atoms with E-state index in [1.807, 2.05) is 0 Å². The first-order valence-electron chi connectivity index (χ1n) is 28.6. The highest BCUT2D eigenvalue weighted by Gasteiger charge is 2.59. The zero-order valence-electron chi connectivity index (χ0n) is 48.6. The van der Waals surface area contributed by atoms with E-state index in [-0.39, 0.29) is 0 Å². The fourth-order valence-corrected chi connectivity index (χ4v) is 11.5. The van der Waals surface area contributed by atoms with E-state index in [2.05, 4.69) is 21.3 Å². The van der Waals surface area contributed by atoms with Gasteiger partial charge in [0.05, 0.1) is 46.2 Å². The molecular formula is C50H84N4O36. The molecule has 23 N–H and O–H groups in total. The zero-order chi connectivity index (χ0) is 66.5. The SMILES string of the molecule is CC(=O)N[C@H]1[C@H](O[C@H]2[C@H](O)[C@@H](NC(C)=O)C(O)O[C@@H]2CO)O[C@H](CO)[C@@H](O[C@@H]2O[C@H](CO[C@H]3O[C@H](CO)[C@@H](O)[C@H](O)[C@@H]3O)[C@@H](O)[C@H](O[C@H]3O[C@H](CO)[C@@H](O)[C@H](O)[C@@H]3O[C@@H]3O[C@H](CO)[C@@H](O[C@@H]4O[C@H](CO)[C@H](O)[C@H](O)[C@H]4NC(C)=O)[C@H](O)[C@H]3NC(C)=O)[C@@H]2O)[C@@H]1O. The smallest absolute Gasteiger partial charge is 0.217 e. The molecule has 520 valence electrons. The van der Waals surface area contributed by atoms with Crippen molar-refractivity contribution in [3.05, 3.63) is 0 Å². The van der Waals surface area contributed by atoms with Crippen LogP contribution in [0, 0.1) is 0 Å². The molecule has 0 aromatic heterocycles. The van der Waals surface area contributed by atoms with Gasteiger partial charge >= 0.3 is 0 Å². The molecule has 0 aromatic carbocycles. The predicted molar refractivity (Wildman–Crippen MR) is 278 cm³/mol. The molecule has 0 bridgehead atoms. The Morgan fingerprint density at radius 3 is 1.06 bits per heavy atom. The first kappa shape index (κ1) is 74.0. The molecule has 0 saturated carbocycles. The Labute approximate surface area is 510 Å². The second kappa shape index (κ2) is 32.4. The van der Waals surface area contributed by atoms with Gasteiger partial charge in [0.15, 0.2) is 44.0 Å². The molecule has 90 heavy (non-hydrogen) atoms. The van der Waals surface area contributed by atoms with E-state index < -0.39 is 285 Å². The number of hydrogen-bond donors (Lipinski definition) is 23. The summed E-state index contributed by atoms with van der Waals surface area (Å²) in [6.45, 7) is -3.00. The van der Waals surface area contributed by atoms with Gasteiger partial charge in [0, 0.05) is 27.7 Å². The third-order valence-corrected chi connectivity index (χ3v) is 16.1. The Hall–Kier alpha value is -3.40. The maximum absolute atomic E-state index is 12.8. The van der Waals surface area contributed by atoms with Gasteiger partial charge in [-0.2, -0.15) is 0 Å². The molecule has 35 atom stereocenters. The number of nitrogens with one attached hydrogen (secondary N) is 4. The highest BCUT2D eigenvalue weighted by molar-refractivity contribution is 5.74. The number of hydrogen-bond acceptors (Lipinski definition) is 36. The lowest BCUT2D eigenvalue weighted by atomic mass is 9.93. The second-order valence-electron chi connectivity index (χ2n) is 22.5. The summed E-state index contributed by atoms with van der Waals surface area (Å²) >= 11 is 0. The van der Waals surface area contributed by atoms with Crippen LogP contribution < -0.4 is 21.3 Å². The molecule has 0 radical (unpaired) electrons. The van der Waals surface area contributed by atoms with Crippen LogP contribution in [-0.4, -0.2) is 382 Å². The third-order valence-electron chi connectivity index (χ3n) is 16.1. The number of rotatable bonds is 23. The van der Waals surface area contributed by atoms with Gasteiger partial charge in [0.1, 0.15) is 171 Å². The van der Waals surface area contributed by atoms with Crippen LogP contribution >= 0.6 is 0 Å². The van der Waals surface area contributed by atoms with Crippen molar-refractivity contribution in [3.63, 3.8) is 0 Å². The van der Waals surface area contributed by atoms with Crippen LogP contribution in [0.3, 0.4) is 0 Å². The topological polar surface area (TPSA) is 621 Å². The van der Waals surface area contributed by atoms with E-state index in [1.54, 1.807) is 0 Å². The fraction of sp³-hybridized carbons (Fsp3) is 0.920. The van der Waals surface area contributed by atoms with Gasteiger partial charge in [-0.3, -0.25) is 19.2 Å². The van der Waals surface area contributed by atoms with Crippen molar-refractivity contribution >= 4 is 23.6 Å². The molecule has 40 heteroatoms. The van der Waals surface area contributed by atoms with E-state index >= 15 is 0 Å². The van der Waals surface area contributed by atoms with Crippen LogP contribution in [0.1, 0.15) is 27.7 Å². The molecule has 0 aromatic rings. The average molecular weight is 1320 g/mol. The van der Waals surface area contributed by atoms with Crippen molar-refractivity contribution in [2.75, 3.05) is 46.2 Å². The van der Waals surface area contributed by atoms with Crippen LogP contribution in [-0.2, 0) is 80.8 Å². The highest BCUT2D eigenvalue weighted by Crippen LogP contribution is 2.38. The second-order valence-corrected chi connectivity index (χ2v) is 22.5. The standard InChI is InChI=1S/C50H84N4O36/c1-12(61)51-23-32(70)39(19(8-58)79-44(23)77)86-46-25(53-14(3)63)34(72)41(21(10-60)83-46)88-49-38(76)42(30(68)22(85-49)11-78-48-37(75)35(73)28(66)17(6-56)81-48)89-50-43(36(74)29(67)18(7-57)82-50)90-47-26(54-15(4)64)33(71)40(20(9-59)84-47)87-45-24(52-13(2)62)31(69)27(65)16(5-55)80-45/h16-50,55-60,65-77H,5-11H2,1-4H3,(H,51,61)(H,52,62)(H,53,63)(H,54,64)/t16-,17-,18-,19-,20-,21-,22-,23-,24-,25-,26-,27+,28-,29-,30-,31-,32-,33-,34-,35+,36+,37+,38+,39-,40-,41-,42+,43+,44?,45+,46+,47+,48+,49+,50-/m1/s1. The number of ether oxygens (including phenoxy) is 13. The molecule has 4 amide bonds. The molecule has 40 nitrogen and oxygen atoms in total. The lowest BCUT2D eigenvalue weighted by Gasteiger charge is -2.51. The van der Waals surface area contributed by atoms with E-state index in [0.717, 1.165) is 27.7 Å². The summed E-state index contributed by atoms with van der Waals surface area (Å²) in [5, 5.41) is 218. The number of carbonyl (C=O) groups is 4. The van der Waals surface area contributed by atoms with Crippen molar-refractivity contribution in [2.45, 2.75) is 242 Å². The van der Waals surface area contributed by atoms with E-state index in [4.69, 9.17) is 61.6 Å². The molecule has 7 rings (SSSR count). The first-order chi connectivity index (χ1) is 42.5. The molecule has 0 aliphatic carbocycles. The van der Waals surface area contributed by atoms with E-state index in [1.165, 1.54) is 0 Å². The monoisotopic (exact) mass is 1320 g/mol. The van der Waals surface area contributed by atoms with Crippen molar-refractivity contribution in [2.24, 2.45) is 0 Å². The summed E-state index contributed by atoms with van der Waals surface area (Å²) in [5.74, 6) is -3.29. The van der Waals surface area contributed by atoms with Gasteiger partial charge < -0.3 is 180 Å². The molecule has 7 saturated heterocycles. The van der Waals surface area contributed by atoms with Crippen LogP contribution in [0.4, 0.5) is 0 Å². The van der Waals surface area contributed by atoms with Gasteiger partial charge in [0.2, 0.25) is 23.6 Å². The van der Waals surface area contributed by atoms with Crippen LogP contribution in [0.2, 0.25) is 0 Å². The van der Waals surface area contributed by atoms with Crippen molar-refractivity contribution in [1.29, 1.82) is 0 Å². The quantitative estimate of drug-likeness (QED) is 0.0452. The minimum absolute atomic E-state index is 0.744. The number of amides is 4. The van der Waals surface area contributed by atoms with Crippen molar-refractivity contribution < 1.29 is 178 Å². The summed E-state index contributed by atoms with van der Waals surface area (Å²) < 4.78 is 76.3. The lowest BCUT2D eigenvalue weighted by Crippen LogP contribution is -2.71. The van der Waals surface area contributed by atoms with Gasteiger partial charge in [-0.1, -0.05) is 0 Å². The van der Waals surface area contributed by atoms with E-state index in [0.29, 0.717) is 0 Å². The van der Waals surface area contributed by atoms with Crippen LogP contribution in [0.5, 0.6) is 0 Å². The van der Waals surface area contributed by atoms with Gasteiger partial charge in [-0.25, -0.2) is 0 Å². The molecule has 0 spiro atoms. The maximum atomic E-state index is 12.8. The number of carbonyl (C=O) groups excluding carboxylic acids is 4. The fourth-order valence-electron chi connectivity index (χ4n) is 11.5. The summed E-state index contributed by atoms with van der Waals surface area (Å²) in [4.78, 5) is 49.8. The Morgan fingerprint density at radius 2 is 0.611 bits per heavy atom.